The highest BCUT2D eigenvalue weighted by atomic mass is 32.2. The summed E-state index contributed by atoms with van der Waals surface area (Å²) in [4.78, 5) is 0. The molecular formula is C16H26N2O2S. The maximum atomic E-state index is 12.1. The van der Waals surface area contributed by atoms with E-state index in [2.05, 4.69) is 11.6 Å². The first-order valence-electron chi connectivity index (χ1n) is 7.74. The Kier molecular flexibility index (Phi) is 5.79. The molecule has 1 aliphatic rings. The molecule has 2 unspecified atom stereocenters. The molecule has 1 aromatic rings. The maximum Gasteiger partial charge on any atom is 0.215 e. The van der Waals surface area contributed by atoms with Gasteiger partial charge in [0.15, 0.2) is 0 Å². The lowest BCUT2D eigenvalue weighted by molar-refractivity contribution is 0.283. The first-order valence-corrected chi connectivity index (χ1v) is 9.39. The normalized spacial score (nSPS) is 23.1. The summed E-state index contributed by atoms with van der Waals surface area (Å²) in [6.45, 7) is 3.30. The molecule has 1 aliphatic carbocycles. The third-order valence-corrected chi connectivity index (χ3v) is 5.57. The van der Waals surface area contributed by atoms with E-state index in [1.807, 2.05) is 24.3 Å². The van der Waals surface area contributed by atoms with Gasteiger partial charge in [0, 0.05) is 13.1 Å². The monoisotopic (exact) mass is 310 g/mol. The second-order valence-corrected chi connectivity index (χ2v) is 8.07. The minimum absolute atomic E-state index is 0.0418. The summed E-state index contributed by atoms with van der Waals surface area (Å²) < 4.78 is 27.1. The molecule has 0 amide bonds. The fraction of sp³-hybridized carbons (Fsp3) is 0.625. The van der Waals surface area contributed by atoms with Crippen LogP contribution in [0.15, 0.2) is 24.3 Å². The molecule has 0 saturated heterocycles. The largest absolute Gasteiger partial charge is 0.326 e. The summed E-state index contributed by atoms with van der Waals surface area (Å²) >= 11 is 0. The third kappa shape index (κ3) is 5.41. The van der Waals surface area contributed by atoms with Crippen molar-refractivity contribution in [3.8, 4) is 0 Å². The van der Waals surface area contributed by atoms with Crippen LogP contribution in [0.2, 0.25) is 0 Å². The average molecular weight is 310 g/mol. The lowest BCUT2D eigenvalue weighted by Gasteiger charge is -2.26. The highest BCUT2D eigenvalue weighted by molar-refractivity contribution is 7.88. The van der Waals surface area contributed by atoms with E-state index in [1.165, 1.54) is 12.8 Å². The molecule has 118 valence electrons. The van der Waals surface area contributed by atoms with Crippen molar-refractivity contribution in [1.29, 1.82) is 0 Å². The van der Waals surface area contributed by atoms with E-state index in [0.717, 1.165) is 29.9 Å². The third-order valence-electron chi connectivity index (χ3n) is 4.25. The zero-order chi connectivity index (χ0) is 15.3. The van der Waals surface area contributed by atoms with Crippen LogP contribution < -0.4 is 10.5 Å². The summed E-state index contributed by atoms with van der Waals surface area (Å²) in [5, 5.41) is 0. The molecule has 1 saturated carbocycles. The molecule has 2 rings (SSSR count). The number of nitrogens with two attached hydrogens (primary N) is 1. The standard InChI is InChI=1S/C16H26N2O2S/c1-13-3-2-4-16(9-13)11-18-21(19,20)12-15-7-5-14(10-17)6-8-15/h5-8,13,16,18H,2-4,9-12,17H2,1H3. The van der Waals surface area contributed by atoms with Crippen LogP contribution in [0.3, 0.4) is 0 Å². The van der Waals surface area contributed by atoms with Gasteiger partial charge in [0.05, 0.1) is 5.75 Å². The van der Waals surface area contributed by atoms with E-state index in [1.54, 1.807) is 0 Å². The van der Waals surface area contributed by atoms with Gasteiger partial charge in [0.2, 0.25) is 10.0 Å². The van der Waals surface area contributed by atoms with E-state index in [4.69, 9.17) is 5.73 Å². The zero-order valence-electron chi connectivity index (χ0n) is 12.7. The van der Waals surface area contributed by atoms with Crippen LogP contribution in [0.5, 0.6) is 0 Å². The number of hydrogen-bond donors (Lipinski definition) is 2. The SMILES string of the molecule is CC1CCCC(CNS(=O)(=O)Cc2ccc(CN)cc2)C1. The van der Waals surface area contributed by atoms with E-state index in [9.17, 15) is 8.42 Å². The van der Waals surface area contributed by atoms with Crippen LogP contribution in [-0.2, 0) is 22.3 Å². The highest BCUT2D eigenvalue weighted by Gasteiger charge is 2.21. The minimum atomic E-state index is -3.25. The first-order chi connectivity index (χ1) is 9.98. The molecule has 0 radical (unpaired) electrons. The minimum Gasteiger partial charge on any atom is -0.326 e. The maximum absolute atomic E-state index is 12.1. The summed E-state index contributed by atoms with van der Waals surface area (Å²) in [6.07, 6.45) is 4.76. The number of sulfonamides is 1. The Hall–Kier alpha value is -0.910. The van der Waals surface area contributed by atoms with Gasteiger partial charge in [-0.05, 0) is 35.8 Å². The Labute approximate surface area is 128 Å². The lowest BCUT2D eigenvalue weighted by atomic mass is 9.83. The molecule has 21 heavy (non-hydrogen) atoms. The fourth-order valence-corrected chi connectivity index (χ4v) is 4.25. The van der Waals surface area contributed by atoms with Crippen LogP contribution in [0, 0.1) is 11.8 Å². The Bertz CT molecular complexity index is 540. The molecule has 3 N–H and O–H groups in total. The Morgan fingerprint density at radius 3 is 2.48 bits per heavy atom. The molecule has 1 fully saturated rings. The molecular weight excluding hydrogens is 284 g/mol. The summed E-state index contributed by atoms with van der Waals surface area (Å²) in [7, 11) is -3.25. The van der Waals surface area contributed by atoms with Gasteiger partial charge in [0.25, 0.3) is 0 Å². The quantitative estimate of drug-likeness (QED) is 0.847. The van der Waals surface area contributed by atoms with Crippen molar-refractivity contribution >= 4 is 10.0 Å². The van der Waals surface area contributed by atoms with Crippen molar-refractivity contribution in [2.45, 2.75) is 44.9 Å². The van der Waals surface area contributed by atoms with Crippen LogP contribution in [0.4, 0.5) is 0 Å². The molecule has 0 bridgehead atoms. The molecule has 5 heteroatoms. The van der Waals surface area contributed by atoms with Crippen molar-refractivity contribution in [3.05, 3.63) is 35.4 Å². The Morgan fingerprint density at radius 2 is 1.86 bits per heavy atom. The van der Waals surface area contributed by atoms with Crippen LogP contribution in [-0.4, -0.2) is 15.0 Å². The summed E-state index contributed by atoms with van der Waals surface area (Å²) in [6, 6.07) is 7.44. The van der Waals surface area contributed by atoms with Crippen LogP contribution in [0.25, 0.3) is 0 Å². The topological polar surface area (TPSA) is 72.2 Å². The smallest absolute Gasteiger partial charge is 0.215 e. The van der Waals surface area contributed by atoms with Crippen molar-refractivity contribution < 1.29 is 8.42 Å². The van der Waals surface area contributed by atoms with E-state index < -0.39 is 10.0 Å². The summed E-state index contributed by atoms with van der Waals surface area (Å²) in [5.74, 6) is 1.25. The van der Waals surface area contributed by atoms with Gasteiger partial charge in [-0.3, -0.25) is 0 Å². The van der Waals surface area contributed by atoms with Crippen LogP contribution >= 0.6 is 0 Å². The first kappa shape index (κ1) is 16.5. The lowest BCUT2D eigenvalue weighted by Crippen LogP contribution is -2.32. The van der Waals surface area contributed by atoms with Gasteiger partial charge in [-0.1, -0.05) is 44.0 Å². The molecule has 2 atom stereocenters. The van der Waals surface area contributed by atoms with Gasteiger partial charge >= 0.3 is 0 Å². The average Bonchev–Trinajstić information content (AvgIpc) is 2.46. The van der Waals surface area contributed by atoms with Gasteiger partial charge in [-0.15, -0.1) is 0 Å². The van der Waals surface area contributed by atoms with Gasteiger partial charge in [-0.25, -0.2) is 13.1 Å². The van der Waals surface area contributed by atoms with Crippen molar-refractivity contribution in [2.75, 3.05) is 6.54 Å². The van der Waals surface area contributed by atoms with Crippen LogP contribution in [0.1, 0.15) is 43.7 Å². The molecule has 0 aromatic heterocycles. The van der Waals surface area contributed by atoms with Gasteiger partial charge in [0.1, 0.15) is 0 Å². The van der Waals surface area contributed by atoms with E-state index >= 15 is 0 Å². The molecule has 0 heterocycles. The Morgan fingerprint density at radius 1 is 1.19 bits per heavy atom. The van der Waals surface area contributed by atoms with E-state index in [0.29, 0.717) is 19.0 Å². The molecule has 4 nitrogen and oxygen atoms in total. The predicted molar refractivity (Wildman–Crippen MR) is 86.1 cm³/mol. The predicted octanol–water partition coefficient (Wildman–Crippen LogP) is 2.39. The number of benzene rings is 1. The van der Waals surface area contributed by atoms with Gasteiger partial charge in [-0.2, -0.15) is 0 Å². The molecule has 0 spiro atoms. The zero-order valence-corrected chi connectivity index (χ0v) is 13.5. The summed E-state index contributed by atoms with van der Waals surface area (Å²) in [5.41, 5.74) is 7.35. The molecule has 1 aromatic carbocycles. The van der Waals surface area contributed by atoms with Crippen molar-refractivity contribution in [3.63, 3.8) is 0 Å². The number of nitrogens with one attached hydrogen (secondary N) is 1. The van der Waals surface area contributed by atoms with E-state index in [-0.39, 0.29) is 5.75 Å². The number of hydrogen-bond acceptors (Lipinski definition) is 3. The Balaban J connectivity index is 1.86. The second-order valence-electron chi connectivity index (χ2n) is 6.27. The number of rotatable bonds is 6. The van der Waals surface area contributed by atoms with Crippen molar-refractivity contribution in [1.82, 2.24) is 4.72 Å². The fourth-order valence-electron chi connectivity index (χ4n) is 3.03. The highest BCUT2D eigenvalue weighted by Crippen LogP contribution is 2.28. The molecule has 0 aliphatic heterocycles. The van der Waals surface area contributed by atoms with Crippen molar-refractivity contribution in [2.24, 2.45) is 17.6 Å². The second kappa shape index (κ2) is 7.38. The van der Waals surface area contributed by atoms with Gasteiger partial charge < -0.3 is 5.73 Å².